The number of amides is 1. The lowest BCUT2D eigenvalue weighted by atomic mass is 9.62. The molecule has 0 aromatic rings. The van der Waals surface area contributed by atoms with Crippen LogP contribution in [0.5, 0.6) is 0 Å². The largest absolute Gasteiger partial charge is 0.390 e. The fourth-order valence-corrected chi connectivity index (χ4v) is 4.43. The molecule has 1 aliphatic heterocycles. The topological polar surface area (TPSA) is 40.5 Å². The summed E-state index contributed by atoms with van der Waals surface area (Å²) < 4.78 is 0. The van der Waals surface area contributed by atoms with Crippen LogP contribution in [0.3, 0.4) is 0 Å². The highest BCUT2D eigenvalue weighted by Crippen LogP contribution is 2.53. The minimum Gasteiger partial charge on any atom is -0.390 e. The highest BCUT2D eigenvalue weighted by molar-refractivity contribution is 5.83. The summed E-state index contributed by atoms with van der Waals surface area (Å²) in [5.41, 5.74) is -0.726. The molecule has 120 valence electrons. The van der Waals surface area contributed by atoms with Crippen LogP contribution in [0.25, 0.3) is 0 Å². The van der Waals surface area contributed by atoms with Crippen molar-refractivity contribution < 1.29 is 9.90 Å². The van der Waals surface area contributed by atoms with Crippen LogP contribution in [0.15, 0.2) is 12.2 Å². The van der Waals surface area contributed by atoms with Gasteiger partial charge in [-0.15, -0.1) is 0 Å². The zero-order valence-corrected chi connectivity index (χ0v) is 14.2. The Labute approximate surface area is 129 Å². The number of hydrogen-bond acceptors (Lipinski definition) is 2. The molecule has 2 aliphatic rings. The number of hydrogen-bond donors (Lipinski definition) is 1. The molecule has 1 saturated heterocycles. The van der Waals surface area contributed by atoms with Gasteiger partial charge in [-0.3, -0.25) is 4.79 Å². The molecule has 3 nitrogen and oxygen atoms in total. The molecule has 3 heteroatoms. The van der Waals surface area contributed by atoms with E-state index in [1.54, 1.807) is 0 Å². The molecule has 0 saturated carbocycles. The van der Waals surface area contributed by atoms with Crippen molar-refractivity contribution in [1.29, 1.82) is 0 Å². The molecule has 2 rings (SSSR count). The molecule has 0 aromatic heterocycles. The van der Waals surface area contributed by atoms with Gasteiger partial charge in [0, 0.05) is 24.3 Å². The van der Waals surface area contributed by atoms with Gasteiger partial charge in [-0.1, -0.05) is 39.3 Å². The van der Waals surface area contributed by atoms with Crippen LogP contribution < -0.4 is 0 Å². The molecule has 21 heavy (non-hydrogen) atoms. The monoisotopic (exact) mass is 293 g/mol. The summed E-state index contributed by atoms with van der Waals surface area (Å²) in [4.78, 5) is 14.5. The van der Waals surface area contributed by atoms with Gasteiger partial charge in [0.2, 0.25) is 5.91 Å². The molecule has 0 bridgehead atoms. The van der Waals surface area contributed by atoms with Crippen LogP contribution in [0, 0.1) is 17.3 Å². The van der Waals surface area contributed by atoms with Crippen molar-refractivity contribution >= 4 is 5.91 Å². The normalized spacial score (nSPS) is 37.0. The van der Waals surface area contributed by atoms with Gasteiger partial charge in [0.05, 0.1) is 11.6 Å². The SMILES string of the molecule is CCC[C@H]1C(=O)N(C)[C@](C)(C(O)[C@@H]2C=CCCC2)C1(C)C. The predicted octanol–water partition coefficient (Wildman–Crippen LogP) is 3.38. The fourth-order valence-electron chi connectivity index (χ4n) is 4.43. The van der Waals surface area contributed by atoms with E-state index in [9.17, 15) is 9.90 Å². The molecule has 1 amide bonds. The van der Waals surface area contributed by atoms with E-state index < -0.39 is 11.6 Å². The number of aliphatic hydroxyl groups excluding tert-OH is 1. The molecule has 1 fully saturated rings. The van der Waals surface area contributed by atoms with E-state index in [1.807, 2.05) is 11.9 Å². The Morgan fingerprint density at radius 1 is 1.43 bits per heavy atom. The van der Waals surface area contributed by atoms with Gasteiger partial charge in [-0.2, -0.15) is 0 Å². The maximum Gasteiger partial charge on any atom is 0.226 e. The van der Waals surface area contributed by atoms with Crippen LogP contribution in [-0.2, 0) is 4.79 Å². The molecular weight excluding hydrogens is 262 g/mol. The summed E-state index contributed by atoms with van der Waals surface area (Å²) in [7, 11) is 1.87. The third kappa shape index (κ3) is 2.34. The Hall–Kier alpha value is -0.830. The summed E-state index contributed by atoms with van der Waals surface area (Å²) in [6, 6.07) is 0. The van der Waals surface area contributed by atoms with Crippen LogP contribution in [-0.4, -0.2) is 34.6 Å². The van der Waals surface area contributed by atoms with Crippen molar-refractivity contribution in [2.75, 3.05) is 7.05 Å². The first-order valence-electron chi connectivity index (χ1n) is 8.40. The van der Waals surface area contributed by atoms with Crippen molar-refractivity contribution in [3.05, 3.63) is 12.2 Å². The molecule has 0 spiro atoms. The maximum atomic E-state index is 12.7. The smallest absolute Gasteiger partial charge is 0.226 e. The van der Waals surface area contributed by atoms with Gasteiger partial charge in [0.25, 0.3) is 0 Å². The Morgan fingerprint density at radius 2 is 2.10 bits per heavy atom. The van der Waals surface area contributed by atoms with E-state index in [4.69, 9.17) is 0 Å². The number of carbonyl (C=O) groups excluding carboxylic acids is 1. The van der Waals surface area contributed by atoms with E-state index in [2.05, 4.69) is 39.8 Å². The zero-order chi connectivity index (χ0) is 15.8. The van der Waals surface area contributed by atoms with E-state index >= 15 is 0 Å². The minimum atomic E-state index is -0.504. The van der Waals surface area contributed by atoms with Crippen LogP contribution in [0.2, 0.25) is 0 Å². The second-order valence-corrected chi connectivity index (χ2v) is 7.58. The first-order valence-corrected chi connectivity index (χ1v) is 8.40. The Balaban J connectivity index is 2.36. The number of carbonyl (C=O) groups is 1. The summed E-state index contributed by atoms with van der Waals surface area (Å²) in [5, 5.41) is 11.1. The van der Waals surface area contributed by atoms with Crippen LogP contribution in [0.4, 0.5) is 0 Å². The Kier molecular flexibility index (Phi) is 4.53. The molecule has 0 aromatic carbocycles. The standard InChI is InChI=1S/C18H31NO2/c1-6-10-14-16(21)19(5)18(4,17(14,2)3)15(20)13-11-8-7-9-12-13/h8,11,13-15,20H,6-7,9-10,12H2,1-5H3/t13-,14+,15?,18-/m1/s1. The van der Waals surface area contributed by atoms with Crippen molar-refractivity contribution in [2.24, 2.45) is 17.3 Å². The Bertz CT molecular complexity index is 429. The highest BCUT2D eigenvalue weighted by Gasteiger charge is 2.62. The zero-order valence-electron chi connectivity index (χ0n) is 14.2. The molecule has 1 unspecified atom stereocenters. The van der Waals surface area contributed by atoms with Crippen LogP contribution in [0.1, 0.15) is 59.8 Å². The van der Waals surface area contributed by atoms with Gasteiger partial charge >= 0.3 is 0 Å². The number of rotatable bonds is 4. The number of likely N-dealkylation sites (N-methyl/N-ethyl adjacent to an activating group) is 1. The molecule has 1 aliphatic carbocycles. The number of allylic oxidation sites excluding steroid dienone is 1. The second kappa shape index (κ2) is 5.75. The van der Waals surface area contributed by atoms with E-state index in [0.717, 1.165) is 32.1 Å². The lowest BCUT2D eigenvalue weighted by molar-refractivity contribution is -0.135. The maximum absolute atomic E-state index is 12.7. The number of aliphatic hydroxyl groups is 1. The number of nitrogens with zero attached hydrogens (tertiary/aromatic N) is 1. The van der Waals surface area contributed by atoms with Gasteiger partial charge in [-0.25, -0.2) is 0 Å². The van der Waals surface area contributed by atoms with Crippen LogP contribution >= 0.6 is 0 Å². The van der Waals surface area contributed by atoms with E-state index in [1.165, 1.54) is 0 Å². The van der Waals surface area contributed by atoms with Crippen molar-refractivity contribution in [3.63, 3.8) is 0 Å². The highest BCUT2D eigenvalue weighted by atomic mass is 16.3. The summed E-state index contributed by atoms with van der Waals surface area (Å²) in [6.07, 6.45) is 8.99. The first kappa shape index (κ1) is 16.5. The Morgan fingerprint density at radius 3 is 2.62 bits per heavy atom. The molecule has 0 radical (unpaired) electrons. The van der Waals surface area contributed by atoms with Crippen molar-refractivity contribution in [1.82, 2.24) is 4.90 Å². The second-order valence-electron chi connectivity index (χ2n) is 7.58. The summed E-state index contributed by atoms with van der Waals surface area (Å²) >= 11 is 0. The third-order valence-corrected chi connectivity index (χ3v) is 6.35. The summed E-state index contributed by atoms with van der Waals surface area (Å²) in [6.45, 7) is 8.52. The fraction of sp³-hybridized carbons (Fsp3) is 0.833. The van der Waals surface area contributed by atoms with Gasteiger partial charge in [-0.05, 0) is 32.6 Å². The van der Waals surface area contributed by atoms with Gasteiger partial charge in [0.1, 0.15) is 0 Å². The first-order chi connectivity index (χ1) is 9.78. The lowest BCUT2D eigenvalue weighted by Crippen LogP contribution is -2.59. The van der Waals surface area contributed by atoms with Crippen molar-refractivity contribution in [3.8, 4) is 0 Å². The molecule has 4 atom stereocenters. The van der Waals surface area contributed by atoms with E-state index in [-0.39, 0.29) is 23.2 Å². The predicted molar refractivity (Wildman–Crippen MR) is 85.8 cm³/mol. The average Bonchev–Trinajstić information content (AvgIpc) is 2.61. The minimum absolute atomic E-state index is 0.0136. The average molecular weight is 293 g/mol. The third-order valence-electron chi connectivity index (χ3n) is 6.35. The van der Waals surface area contributed by atoms with Gasteiger partial charge in [0.15, 0.2) is 0 Å². The summed E-state index contributed by atoms with van der Waals surface area (Å²) in [5.74, 6) is 0.376. The van der Waals surface area contributed by atoms with E-state index in [0.29, 0.717) is 0 Å². The molecular formula is C18H31NO2. The molecule has 1 N–H and O–H groups in total. The van der Waals surface area contributed by atoms with Gasteiger partial charge < -0.3 is 10.0 Å². The van der Waals surface area contributed by atoms with Crippen molar-refractivity contribution in [2.45, 2.75) is 71.4 Å². The number of likely N-dealkylation sites (tertiary alicyclic amines) is 1. The quantitative estimate of drug-likeness (QED) is 0.807. The molecule has 1 heterocycles. The lowest BCUT2D eigenvalue weighted by Gasteiger charge is -2.49.